The standard InChI is InChI=1S/C20H28O4/c1-13-6-5-7-14(2)17(21)12-16-10-11-20(4,18(22)9-8-13)24-19(23)15(16)3/h6-7,16-17,21H,3,5,8-12H2,1-2,4H3/b13-6?,14-7+/t16-,17+,20-/m1/s1. The fourth-order valence-corrected chi connectivity index (χ4v) is 3.28. The van der Waals surface area contributed by atoms with E-state index < -0.39 is 17.7 Å². The number of aliphatic hydroxyl groups excluding tert-OH is 1. The SMILES string of the molecule is C=C1C(=O)O[C@]2(C)CC[C@@H]1C[C@H](O)/C(C)=C/CC=C(C)CCC2=O. The Morgan fingerprint density at radius 1 is 1.25 bits per heavy atom. The summed E-state index contributed by atoms with van der Waals surface area (Å²) < 4.78 is 5.52. The Morgan fingerprint density at radius 2 is 1.96 bits per heavy atom. The summed E-state index contributed by atoms with van der Waals surface area (Å²) in [4.78, 5) is 25.0. The topological polar surface area (TPSA) is 63.6 Å². The van der Waals surface area contributed by atoms with Gasteiger partial charge in [-0.05, 0) is 64.4 Å². The number of allylic oxidation sites excluding steroid dienone is 3. The van der Waals surface area contributed by atoms with E-state index in [1.54, 1.807) is 6.92 Å². The zero-order chi connectivity index (χ0) is 17.9. The van der Waals surface area contributed by atoms with Gasteiger partial charge in [-0.15, -0.1) is 0 Å². The maximum Gasteiger partial charge on any atom is 0.334 e. The van der Waals surface area contributed by atoms with Crippen LogP contribution in [0.4, 0.5) is 0 Å². The van der Waals surface area contributed by atoms with Crippen LogP contribution in [0.3, 0.4) is 0 Å². The molecule has 24 heavy (non-hydrogen) atoms. The third kappa shape index (κ3) is 4.23. The van der Waals surface area contributed by atoms with E-state index in [0.29, 0.717) is 37.7 Å². The summed E-state index contributed by atoms with van der Waals surface area (Å²) >= 11 is 0. The number of rotatable bonds is 0. The predicted octanol–water partition coefficient (Wildman–Crippen LogP) is 3.65. The van der Waals surface area contributed by atoms with Gasteiger partial charge in [0.15, 0.2) is 11.4 Å². The molecule has 0 unspecified atom stereocenters. The van der Waals surface area contributed by atoms with E-state index in [4.69, 9.17) is 4.74 Å². The number of esters is 1. The Hall–Kier alpha value is -1.68. The van der Waals surface area contributed by atoms with Crippen LogP contribution >= 0.6 is 0 Å². The molecule has 0 aromatic carbocycles. The van der Waals surface area contributed by atoms with Crippen molar-refractivity contribution in [2.24, 2.45) is 5.92 Å². The zero-order valence-electron chi connectivity index (χ0n) is 14.9. The number of Topliss-reactive ketones (excluding diaryl/α,β-unsaturated/α-hetero) is 1. The highest BCUT2D eigenvalue weighted by Crippen LogP contribution is 2.35. The van der Waals surface area contributed by atoms with Crippen molar-refractivity contribution in [1.29, 1.82) is 0 Å². The van der Waals surface area contributed by atoms with Crippen molar-refractivity contribution in [3.8, 4) is 0 Å². The van der Waals surface area contributed by atoms with Crippen LogP contribution in [0.25, 0.3) is 0 Å². The molecule has 0 aromatic rings. The lowest BCUT2D eigenvalue weighted by Gasteiger charge is -2.26. The van der Waals surface area contributed by atoms with Crippen LogP contribution < -0.4 is 0 Å². The number of carbonyl (C=O) groups excluding carboxylic acids is 2. The fraction of sp³-hybridized carbons (Fsp3) is 0.600. The first kappa shape index (κ1) is 18.7. The van der Waals surface area contributed by atoms with Gasteiger partial charge < -0.3 is 9.84 Å². The summed E-state index contributed by atoms with van der Waals surface area (Å²) in [6.07, 6.45) is 6.76. The Kier molecular flexibility index (Phi) is 5.81. The molecule has 0 aromatic heterocycles. The Balaban J connectivity index is 2.35. The maximum absolute atomic E-state index is 12.6. The molecule has 1 aliphatic heterocycles. The van der Waals surface area contributed by atoms with E-state index in [-0.39, 0.29) is 11.7 Å². The third-order valence-electron chi connectivity index (χ3n) is 5.32. The van der Waals surface area contributed by atoms with Crippen LogP contribution in [0.2, 0.25) is 0 Å². The van der Waals surface area contributed by atoms with E-state index in [9.17, 15) is 14.7 Å². The van der Waals surface area contributed by atoms with Crippen LogP contribution in [0.15, 0.2) is 35.5 Å². The molecule has 1 N–H and O–H groups in total. The number of fused-ring (bicyclic) bond motifs is 3. The monoisotopic (exact) mass is 332 g/mol. The second-order valence-electron chi connectivity index (χ2n) is 7.29. The van der Waals surface area contributed by atoms with Crippen LogP contribution in [-0.2, 0) is 14.3 Å². The lowest BCUT2D eigenvalue weighted by atomic mass is 9.84. The Labute approximate surface area is 144 Å². The molecule has 1 saturated heterocycles. The molecule has 4 heteroatoms. The van der Waals surface area contributed by atoms with Crippen LogP contribution in [0, 0.1) is 5.92 Å². The maximum atomic E-state index is 12.6. The van der Waals surface area contributed by atoms with Crippen molar-refractivity contribution in [2.45, 2.75) is 71.0 Å². The molecule has 2 rings (SSSR count). The molecular formula is C20H28O4. The van der Waals surface area contributed by atoms with Crippen molar-refractivity contribution < 1.29 is 19.4 Å². The molecule has 2 aliphatic rings. The molecule has 4 nitrogen and oxygen atoms in total. The summed E-state index contributed by atoms with van der Waals surface area (Å²) in [6.45, 7) is 9.47. The first-order valence-electron chi connectivity index (χ1n) is 8.68. The largest absolute Gasteiger partial charge is 0.448 e. The predicted molar refractivity (Wildman–Crippen MR) is 93.4 cm³/mol. The normalized spacial score (nSPS) is 35.4. The minimum absolute atomic E-state index is 0.0404. The van der Waals surface area contributed by atoms with Gasteiger partial charge in [-0.3, -0.25) is 4.79 Å². The van der Waals surface area contributed by atoms with E-state index in [0.717, 1.165) is 17.6 Å². The first-order chi connectivity index (χ1) is 11.2. The van der Waals surface area contributed by atoms with Crippen LogP contribution in [-0.4, -0.2) is 28.6 Å². The molecule has 1 fully saturated rings. The molecule has 0 amide bonds. The molecular weight excluding hydrogens is 304 g/mol. The highest BCUT2D eigenvalue weighted by atomic mass is 16.6. The van der Waals surface area contributed by atoms with Crippen molar-refractivity contribution in [3.63, 3.8) is 0 Å². The van der Waals surface area contributed by atoms with Gasteiger partial charge in [-0.2, -0.15) is 0 Å². The van der Waals surface area contributed by atoms with E-state index in [2.05, 4.69) is 12.7 Å². The molecule has 132 valence electrons. The number of ketones is 1. The highest BCUT2D eigenvalue weighted by molar-refractivity contribution is 5.94. The van der Waals surface area contributed by atoms with E-state index in [1.807, 2.05) is 19.9 Å². The van der Waals surface area contributed by atoms with Crippen LogP contribution in [0.1, 0.15) is 59.3 Å². The Bertz CT molecular complexity index is 599. The lowest BCUT2D eigenvalue weighted by Crippen LogP contribution is -2.39. The van der Waals surface area contributed by atoms with Gasteiger partial charge >= 0.3 is 5.97 Å². The molecule has 1 heterocycles. The van der Waals surface area contributed by atoms with Gasteiger partial charge in [0.25, 0.3) is 0 Å². The summed E-state index contributed by atoms with van der Waals surface area (Å²) in [7, 11) is 0. The minimum atomic E-state index is -1.09. The molecule has 3 atom stereocenters. The van der Waals surface area contributed by atoms with Crippen molar-refractivity contribution in [3.05, 3.63) is 35.5 Å². The average molecular weight is 332 g/mol. The highest BCUT2D eigenvalue weighted by Gasteiger charge is 2.41. The molecule has 0 saturated carbocycles. The second kappa shape index (κ2) is 7.47. The van der Waals surface area contributed by atoms with Crippen molar-refractivity contribution in [2.75, 3.05) is 0 Å². The quantitative estimate of drug-likeness (QED) is 0.418. The summed E-state index contributed by atoms with van der Waals surface area (Å²) in [5, 5.41) is 10.4. The van der Waals surface area contributed by atoms with Gasteiger partial charge in [0, 0.05) is 12.0 Å². The van der Waals surface area contributed by atoms with Gasteiger partial charge in [0.2, 0.25) is 0 Å². The molecule has 0 spiro atoms. The fourth-order valence-electron chi connectivity index (χ4n) is 3.28. The minimum Gasteiger partial charge on any atom is -0.448 e. The number of carbonyl (C=O) groups is 2. The molecule has 1 aliphatic carbocycles. The van der Waals surface area contributed by atoms with Gasteiger partial charge in [-0.1, -0.05) is 24.3 Å². The summed E-state index contributed by atoms with van der Waals surface area (Å²) in [6, 6.07) is 0. The number of aliphatic hydroxyl groups is 1. The lowest BCUT2D eigenvalue weighted by molar-refractivity contribution is -0.161. The van der Waals surface area contributed by atoms with Crippen molar-refractivity contribution in [1.82, 2.24) is 0 Å². The van der Waals surface area contributed by atoms with Gasteiger partial charge in [0.05, 0.1) is 6.10 Å². The molecule has 2 bridgehead atoms. The van der Waals surface area contributed by atoms with Gasteiger partial charge in [-0.25, -0.2) is 4.79 Å². The van der Waals surface area contributed by atoms with E-state index in [1.165, 1.54) is 0 Å². The second-order valence-corrected chi connectivity index (χ2v) is 7.29. The Morgan fingerprint density at radius 3 is 2.67 bits per heavy atom. The zero-order valence-corrected chi connectivity index (χ0v) is 14.9. The average Bonchev–Trinajstić information content (AvgIpc) is 2.64. The number of hydrogen-bond acceptors (Lipinski definition) is 4. The summed E-state index contributed by atoms with van der Waals surface area (Å²) in [5.74, 6) is -0.712. The smallest absolute Gasteiger partial charge is 0.334 e. The summed E-state index contributed by atoms with van der Waals surface area (Å²) in [5.41, 5.74) is 1.31. The van der Waals surface area contributed by atoms with Crippen LogP contribution in [0.5, 0.6) is 0 Å². The van der Waals surface area contributed by atoms with Crippen molar-refractivity contribution >= 4 is 11.8 Å². The third-order valence-corrected chi connectivity index (χ3v) is 5.32. The molecule has 0 radical (unpaired) electrons. The van der Waals surface area contributed by atoms with Gasteiger partial charge in [0.1, 0.15) is 0 Å². The number of hydrogen-bond donors (Lipinski definition) is 1. The van der Waals surface area contributed by atoms with E-state index >= 15 is 0 Å². The number of ether oxygens (including phenoxy) is 1. The first-order valence-corrected chi connectivity index (χ1v) is 8.68.